The van der Waals surface area contributed by atoms with Gasteiger partial charge in [0.15, 0.2) is 6.73 Å². The Bertz CT molecular complexity index is 882. The van der Waals surface area contributed by atoms with E-state index in [1.54, 1.807) is 17.2 Å². The fourth-order valence-electron chi connectivity index (χ4n) is 4.10. The van der Waals surface area contributed by atoms with E-state index in [0.717, 1.165) is 41.5 Å². The standard InChI is InChI=1S/C21H23ClN2O3/c1-12-13(2)20-16(9-15(12)8-14-6-7-19(22)23-10-14)21(26)24(11-27-20)17-4-3-5-18(17)25/h6-7,9-10,17-18,25H,3-5,8,11H2,1-2H3/t17-,18-/m0/s1. The van der Waals surface area contributed by atoms with Crippen LogP contribution in [0, 0.1) is 13.8 Å². The quantitative estimate of drug-likeness (QED) is 0.818. The summed E-state index contributed by atoms with van der Waals surface area (Å²) in [6.07, 6.45) is 4.46. The van der Waals surface area contributed by atoms with E-state index >= 15 is 0 Å². The lowest BCUT2D eigenvalue weighted by atomic mass is 9.93. The van der Waals surface area contributed by atoms with E-state index in [1.807, 2.05) is 19.1 Å². The van der Waals surface area contributed by atoms with Crippen molar-refractivity contribution in [3.8, 4) is 5.75 Å². The third kappa shape index (κ3) is 3.30. The lowest BCUT2D eigenvalue weighted by molar-refractivity contribution is 0.0125. The van der Waals surface area contributed by atoms with Crippen molar-refractivity contribution in [2.24, 2.45) is 0 Å². The first kappa shape index (κ1) is 18.3. The van der Waals surface area contributed by atoms with Gasteiger partial charge in [0, 0.05) is 6.20 Å². The molecular formula is C21H23ClN2O3. The molecule has 0 bridgehead atoms. The van der Waals surface area contributed by atoms with Crippen molar-refractivity contribution in [2.75, 3.05) is 6.73 Å². The second kappa shape index (κ2) is 7.13. The number of carbonyl (C=O) groups is 1. The number of rotatable bonds is 3. The summed E-state index contributed by atoms with van der Waals surface area (Å²) < 4.78 is 5.96. The molecule has 1 aliphatic carbocycles. The predicted octanol–water partition coefficient (Wildman–Crippen LogP) is 3.65. The molecule has 6 heteroatoms. The molecule has 27 heavy (non-hydrogen) atoms. The summed E-state index contributed by atoms with van der Waals surface area (Å²) in [6.45, 7) is 4.24. The normalized spacial score (nSPS) is 21.9. The molecule has 142 valence electrons. The van der Waals surface area contributed by atoms with Crippen molar-refractivity contribution in [1.29, 1.82) is 0 Å². The molecule has 2 aromatic rings. The van der Waals surface area contributed by atoms with E-state index < -0.39 is 6.10 Å². The highest BCUT2D eigenvalue weighted by Crippen LogP contribution is 2.36. The molecule has 1 aromatic carbocycles. The molecule has 1 amide bonds. The summed E-state index contributed by atoms with van der Waals surface area (Å²) in [7, 11) is 0. The van der Waals surface area contributed by atoms with Gasteiger partial charge in [-0.05, 0) is 73.9 Å². The molecule has 4 rings (SSSR count). The minimum Gasteiger partial charge on any atom is -0.472 e. The van der Waals surface area contributed by atoms with E-state index in [0.29, 0.717) is 22.9 Å². The van der Waals surface area contributed by atoms with Gasteiger partial charge in [-0.3, -0.25) is 9.69 Å². The van der Waals surface area contributed by atoms with Crippen LogP contribution >= 0.6 is 11.6 Å². The van der Waals surface area contributed by atoms with Gasteiger partial charge in [0.1, 0.15) is 10.9 Å². The Balaban J connectivity index is 1.68. The molecule has 1 N–H and O–H groups in total. The monoisotopic (exact) mass is 386 g/mol. The molecule has 1 aromatic heterocycles. The van der Waals surface area contributed by atoms with Gasteiger partial charge in [-0.25, -0.2) is 4.98 Å². The number of aromatic nitrogens is 1. The maximum absolute atomic E-state index is 13.2. The largest absolute Gasteiger partial charge is 0.472 e. The van der Waals surface area contributed by atoms with Gasteiger partial charge in [-0.15, -0.1) is 0 Å². The Hall–Kier alpha value is -2.11. The fourth-order valence-corrected chi connectivity index (χ4v) is 4.21. The number of aliphatic hydroxyl groups excluding tert-OH is 1. The van der Waals surface area contributed by atoms with Crippen LogP contribution in [0.4, 0.5) is 0 Å². The third-order valence-electron chi connectivity index (χ3n) is 5.81. The number of carbonyl (C=O) groups excluding carboxylic acids is 1. The summed E-state index contributed by atoms with van der Waals surface area (Å²) in [4.78, 5) is 19.0. The number of ether oxygens (including phenoxy) is 1. The van der Waals surface area contributed by atoms with E-state index in [4.69, 9.17) is 16.3 Å². The second-order valence-corrected chi connectivity index (χ2v) is 7.83. The zero-order chi connectivity index (χ0) is 19.1. The Labute approximate surface area is 163 Å². The first-order valence-electron chi connectivity index (χ1n) is 9.31. The van der Waals surface area contributed by atoms with Crippen LogP contribution < -0.4 is 4.74 Å². The molecule has 2 atom stereocenters. The SMILES string of the molecule is Cc1c(Cc2ccc(Cl)nc2)cc2c(c1C)OCN([C@H]1CCC[C@@H]1O)C2=O. The first-order valence-corrected chi connectivity index (χ1v) is 9.69. The molecule has 0 unspecified atom stereocenters. The molecule has 5 nitrogen and oxygen atoms in total. The summed E-state index contributed by atoms with van der Waals surface area (Å²) in [5.41, 5.74) is 4.80. The van der Waals surface area contributed by atoms with Crippen LogP contribution in [-0.2, 0) is 6.42 Å². The van der Waals surface area contributed by atoms with Gasteiger partial charge < -0.3 is 9.84 Å². The van der Waals surface area contributed by atoms with E-state index in [2.05, 4.69) is 11.9 Å². The Morgan fingerprint density at radius 1 is 1.30 bits per heavy atom. The molecule has 1 saturated carbocycles. The topological polar surface area (TPSA) is 62.7 Å². The highest BCUT2D eigenvalue weighted by molar-refractivity contribution is 6.29. The fraction of sp³-hybridized carbons (Fsp3) is 0.429. The maximum Gasteiger partial charge on any atom is 0.260 e. The van der Waals surface area contributed by atoms with Crippen LogP contribution in [0.3, 0.4) is 0 Å². The van der Waals surface area contributed by atoms with Gasteiger partial charge in [0.2, 0.25) is 0 Å². The number of aliphatic hydroxyl groups is 1. The maximum atomic E-state index is 13.2. The number of hydrogen-bond donors (Lipinski definition) is 1. The van der Waals surface area contributed by atoms with Crippen molar-refractivity contribution in [1.82, 2.24) is 9.88 Å². The number of nitrogens with zero attached hydrogens (tertiary/aromatic N) is 2. The van der Waals surface area contributed by atoms with Crippen LogP contribution in [0.25, 0.3) is 0 Å². The zero-order valence-corrected chi connectivity index (χ0v) is 16.3. The summed E-state index contributed by atoms with van der Waals surface area (Å²) in [5.74, 6) is 0.611. The van der Waals surface area contributed by atoms with Crippen molar-refractivity contribution in [3.63, 3.8) is 0 Å². The molecule has 2 heterocycles. The van der Waals surface area contributed by atoms with Gasteiger partial charge in [0.05, 0.1) is 17.7 Å². The van der Waals surface area contributed by atoms with Crippen molar-refractivity contribution < 1.29 is 14.6 Å². The predicted molar refractivity (Wildman–Crippen MR) is 103 cm³/mol. The minimum atomic E-state index is -0.467. The number of amides is 1. The van der Waals surface area contributed by atoms with Gasteiger partial charge in [-0.1, -0.05) is 17.7 Å². The third-order valence-corrected chi connectivity index (χ3v) is 6.04. The van der Waals surface area contributed by atoms with Crippen LogP contribution in [-0.4, -0.2) is 39.8 Å². The Morgan fingerprint density at radius 3 is 2.78 bits per heavy atom. The van der Waals surface area contributed by atoms with E-state index in [-0.39, 0.29) is 18.7 Å². The van der Waals surface area contributed by atoms with Gasteiger partial charge >= 0.3 is 0 Å². The van der Waals surface area contributed by atoms with E-state index in [9.17, 15) is 9.90 Å². The Morgan fingerprint density at radius 2 is 2.11 bits per heavy atom. The number of benzene rings is 1. The summed E-state index contributed by atoms with van der Waals surface area (Å²) in [6, 6.07) is 5.50. The molecule has 1 aliphatic heterocycles. The van der Waals surface area contributed by atoms with Crippen molar-refractivity contribution >= 4 is 17.5 Å². The summed E-state index contributed by atoms with van der Waals surface area (Å²) in [5, 5.41) is 10.7. The van der Waals surface area contributed by atoms with Crippen LogP contribution in [0.1, 0.15) is 51.9 Å². The second-order valence-electron chi connectivity index (χ2n) is 7.44. The number of halogens is 1. The van der Waals surface area contributed by atoms with Crippen LogP contribution in [0.5, 0.6) is 5.75 Å². The van der Waals surface area contributed by atoms with Crippen LogP contribution in [0.2, 0.25) is 5.15 Å². The smallest absolute Gasteiger partial charge is 0.260 e. The van der Waals surface area contributed by atoms with Crippen LogP contribution in [0.15, 0.2) is 24.4 Å². The lowest BCUT2D eigenvalue weighted by Crippen LogP contribution is -2.48. The average molecular weight is 387 g/mol. The molecule has 0 radical (unpaired) electrons. The average Bonchev–Trinajstić information content (AvgIpc) is 3.08. The first-order chi connectivity index (χ1) is 13.0. The lowest BCUT2D eigenvalue weighted by Gasteiger charge is -2.36. The van der Waals surface area contributed by atoms with Crippen molar-refractivity contribution in [3.05, 3.63) is 57.4 Å². The number of pyridine rings is 1. The highest BCUT2D eigenvalue weighted by atomic mass is 35.5. The highest BCUT2D eigenvalue weighted by Gasteiger charge is 2.38. The number of hydrogen-bond acceptors (Lipinski definition) is 4. The zero-order valence-electron chi connectivity index (χ0n) is 15.5. The molecular weight excluding hydrogens is 364 g/mol. The molecule has 0 saturated heterocycles. The molecule has 1 fully saturated rings. The van der Waals surface area contributed by atoms with Crippen molar-refractivity contribution in [2.45, 2.75) is 51.7 Å². The number of fused-ring (bicyclic) bond motifs is 1. The molecule has 0 spiro atoms. The summed E-state index contributed by atoms with van der Waals surface area (Å²) >= 11 is 5.88. The molecule has 2 aliphatic rings. The van der Waals surface area contributed by atoms with Gasteiger partial charge in [0.25, 0.3) is 5.91 Å². The van der Waals surface area contributed by atoms with E-state index in [1.165, 1.54) is 0 Å². The van der Waals surface area contributed by atoms with Gasteiger partial charge in [-0.2, -0.15) is 0 Å². The minimum absolute atomic E-state index is 0.0548. The Kier molecular flexibility index (Phi) is 4.82.